The monoisotopic (exact) mass is 501 g/mol. The molecular formula is C27H36ClN3O4. The van der Waals surface area contributed by atoms with Gasteiger partial charge in [0, 0.05) is 26.7 Å². The molecule has 3 aromatic rings. The van der Waals surface area contributed by atoms with Crippen LogP contribution in [-0.2, 0) is 16.0 Å². The number of methoxy groups -OCH3 is 1. The van der Waals surface area contributed by atoms with Gasteiger partial charge in [-0.2, -0.15) is 5.10 Å². The normalized spacial score (nSPS) is 12.8. The lowest BCUT2D eigenvalue weighted by molar-refractivity contribution is -0.0577. The molecule has 1 aromatic heterocycles. The highest BCUT2D eigenvalue weighted by Gasteiger charge is 2.24. The molecule has 8 heteroatoms. The minimum atomic E-state index is -0.650. The molecule has 0 saturated heterocycles. The zero-order valence-corrected chi connectivity index (χ0v) is 22.0. The lowest BCUT2D eigenvalue weighted by atomic mass is 10.2. The number of hydrogen-bond donors (Lipinski definition) is 1. The highest BCUT2D eigenvalue weighted by molar-refractivity contribution is 6.32. The van der Waals surface area contributed by atoms with Crippen LogP contribution in [0.15, 0.2) is 54.6 Å². The Balaban J connectivity index is 1.93. The van der Waals surface area contributed by atoms with E-state index < -0.39 is 6.10 Å². The molecule has 0 fully saturated rings. The first kappa shape index (κ1) is 27.2. The Hall–Kier alpha value is -2.42. The first-order valence-electron chi connectivity index (χ1n) is 11.8. The van der Waals surface area contributed by atoms with Crippen LogP contribution < -0.4 is 4.74 Å². The summed E-state index contributed by atoms with van der Waals surface area (Å²) in [6.45, 7) is 10.2. The van der Waals surface area contributed by atoms with Crippen molar-refractivity contribution in [3.63, 3.8) is 0 Å². The van der Waals surface area contributed by atoms with Gasteiger partial charge in [0.2, 0.25) is 5.88 Å². The van der Waals surface area contributed by atoms with Crippen LogP contribution in [0.2, 0.25) is 5.02 Å². The van der Waals surface area contributed by atoms with Crippen LogP contribution in [0, 0.1) is 6.92 Å². The Morgan fingerprint density at radius 2 is 1.77 bits per heavy atom. The number of aliphatic hydroxyl groups excluding tert-OH is 1. The average Bonchev–Trinajstić information content (AvgIpc) is 3.12. The van der Waals surface area contributed by atoms with E-state index >= 15 is 0 Å². The van der Waals surface area contributed by atoms with Gasteiger partial charge in [-0.25, -0.2) is 4.68 Å². The Morgan fingerprint density at radius 3 is 2.43 bits per heavy atom. The summed E-state index contributed by atoms with van der Waals surface area (Å²) in [5, 5.41) is 16.0. The van der Waals surface area contributed by atoms with Crippen molar-refractivity contribution in [1.82, 2.24) is 14.7 Å². The van der Waals surface area contributed by atoms with E-state index in [0.29, 0.717) is 42.9 Å². The number of aryl methyl sites for hydroxylation is 1. The van der Waals surface area contributed by atoms with E-state index in [0.717, 1.165) is 16.9 Å². The van der Waals surface area contributed by atoms with Crippen molar-refractivity contribution in [2.24, 2.45) is 0 Å². The fourth-order valence-corrected chi connectivity index (χ4v) is 3.75. The van der Waals surface area contributed by atoms with Crippen LogP contribution in [0.25, 0.3) is 5.69 Å². The van der Waals surface area contributed by atoms with Crippen molar-refractivity contribution in [2.75, 3.05) is 33.4 Å². The number of aromatic nitrogens is 2. The first-order chi connectivity index (χ1) is 16.7. The fourth-order valence-electron chi connectivity index (χ4n) is 3.58. The maximum atomic E-state index is 10.7. The van der Waals surface area contributed by atoms with Crippen molar-refractivity contribution in [1.29, 1.82) is 0 Å². The summed E-state index contributed by atoms with van der Waals surface area (Å²) >= 11 is 6.42. The van der Waals surface area contributed by atoms with Gasteiger partial charge in [-0.05, 0) is 52.0 Å². The fraction of sp³-hybridized carbons (Fsp3) is 0.444. The highest BCUT2D eigenvalue weighted by Crippen LogP contribution is 2.34. The third kappa shape index (κ3) is 8.05. The van der Waals surface area contributed by atoms with Gasteiger partial charge in [-0.3, -0.25) is 4.90 Å². The van der Waals surface area contributed by atoms with Crippen LogP contribution in [-0.4, -0.2) is 64.9 Å². The van der Waals surface area contributed by atoms with Gasteiger partial charge >= 0.3 is 0 Å². The minimum absolute atomic E-state index is 0.248. The number of benzene rings is 2. The van der Waals surface area contributed by atoms with Crippen molar-refractivity contribution >= 4 is 11.6 Å². The topological polar surface area (TPSA) is 69.0 Å². The van der Waals surface area contributed by atoms with E-state index in [2.05, 4.69) is 4.90 Å². The Labute approximate surface area is 213 Å². The molecule has 190 valence electrons. The van der Waals surface area contributed by atoms with Gasteiger partial charge in [-0.1, -0.05) is 41.9 Å². The smallest absolute Gasteiger partial charge is 0.227 e. The molecule has 0 aliphatic carbocycles. The molecule has 0 amide bonds. The number of halogens is 1. The second kappa shape index (κ2) is 12.5. The van der Waals surface area contributed by atoms with Crippen LogP contribution in [0.5, 0.6) is 11.6 Å². The van der Waals surface area contributed by atoms with Gasteiger partial charge in [0.1, 0.15) is 5.75 Å². The Kier molecular flexibility index (Phi) is 9.71. The summed E-state index contributed by atoms with van der Waals surface area (Å²) in [5.41, 5.74) is 2.31. The van der Waals surface area contributed by atoms with Crippen LogP contribution in [0.1, 0.15) is 32.0 Å². The van der Waals surface area contributed by atoms with Crippen LogP contribution in [0.4, 0.5) is 0 Å². The molecule has 0 aliphatic rings. The van der Waals surface area contributed by atoms with E-state index in [9.17, 15) is 5.11 Å². The molecule has 0 unspecified atom stereocenters. The lowest BCUT2D eigenvalue weighted by Gasteiger charge is -2.27. The third-order valence-electron chi connectivity index (χ3n) is 5.35. The minimum Gasteiger partial charge on any atom is -0.437 e. The first-order valence-corrected chi connectivity index (χ1v) is 12.2. The summed E-state index contributed by atoms with van der Waals surface area (Å²) < 4.78 is 19.3. The maximum absolute atomic E-state index is 10.7. The quantitative estimate of drug-likeness (QED) is 0.365. The predicted molar refractivity (Wildman–Crippen MR) is 139 cm³/mol. The van der Waals surface area contributed by atoms with Crippen molar-refractivity contribution < 1.29 is 19.3 Å². The van der Waals surface area contributed by atoms with Crippen LogP contribution in [0.3, 0.4) is 0 Å². The van der Waals surface area contributed by atoms with Crippen molar-refractivity contribution in [2.45, 2.75) is 45.9 Å². The molecule has 0 saturated carbocycles. The number of ether oxygens (including phenoxy) is 3. The van der Waals surface area contributed by atoms with Crippen LogP contribution >= 0.6 is 11.6 Å². The van der Waals surface area contributed by atoms with E-state index in [1.165, 1.54) is 0 Å². The molecule has 0 spiro atoms. The zero-order valence-electron chi connectivity index (χ0n) is 21.2. The number of nitrogens with zero attached hydrogens (tertiary/aromatic N) is 3. The van der Waals surface area contributed by atoms with Crippen molar-refractivity contribution in [3.8, 4) is 17.3 Å². The summed E-state index contributed by atoms with van der Waals surface area (Å²) in [4.78, 5) is 2.12. The highest BCUT2D eigenvalue weighted by atomic mass is 35.5. The predicted octanol–water partition coefficient (Wildman–Crippen LogP) is 5.25. The van der Waals surface area contributed by atoms with E-state index in [-0.39, 0.29) is 12.2 Å². The summed E-state index contributed by atoms with van der Waals surface area (Å²) in [6, 6.07) is 17.2. The van der Waals surface area contributed by atoms with Gasteiger partial charge in [-0.15, -0.1) is 0 Å². The molecule has 0 aliphatic heterocycles. The number of hydrogen-bond acceptors (Lipinski definition) is 6. The molecular weight excluding hydrogens is 466 g/mol. The Morgan fingerprint density at radius 1 is 1.09 bits per heavy atom. The standard InChI is InChI=1S/C27H36ClN3O4/c1-20-23(18-30(15-16-33-5)17-22(32)19-34-27(2,3)4)26(35-25-14-10-9-13-24(25)28)31(29-20)21-11-7-6-8-12-21/h6-14,22,32H,15-19H2,1-5H3/t22-/m0/s1. The molecule has 2 aromatic carbocycles. The van der Waals surface area contributed by atoms with E-state index in [1.54, 1.807) is 17.9 Å². The van der Waals surface area contributed by atoms with Gasteiger partial charge < -0.3 is 19.3 Å². The van der Waals surface area contributed by atoms with E-state index in [1.807, 2.05) is 76.2 Å². The molecule has 1 atom stereocenters. The number of para-hydroxylation sites is 2. The second-order valence-electron chi connectivity index (χ2n) is 9.45. The average molecular weight is 502 g/mol. The molecule has 1 N–H and O–H groups in total. The van der Waals surface area contributed by atoms with Gasteiger partial charge in [0.05, 0.1) is 46.9 Å². The molecule has 0 bridgehead atoms. The Bertz CT molecular complexity index is 1070. The molecule has 35 heavy (non-hydrogen) atoms. The summed E-state index contributed by atoms with van der Waals surface area (Å²) in [5.74, 6) is 1.14. The maximum Gasteiger partial charge on any atom is 0.227 e. The summed E-state index contributed by atoms with van der Waals surface area (Å²) in [7, 11) is 1.67. The molecule has 7 nitrogen and oxygen atoms in total. The largest absolute Gasteiger partial charge is 0.437 e. The second-order valence-corrected chi connectivity index (χ2v) is 9.86. The zero-order chi connectivity index (χ0) is 25.4. The molecule has 3 rings (SSSR count). The lowest BCUT2D eigenvalue weighted by Crippen LogP contribution is -2.38. The van der Waals surface area contributed by atoms with E-state index in [4.69, 9.17) is 30.9 Å². The number of aliphatic hydroxyl groups is 1. The third-order valence-corrected chi connectivity index (χ3v) is 5.66. The molecule has 1 heterocycles. The SMILES string of the molecule is COCCN(Cc1c(C)nn(-c2ccccc2)c1Oc1ccccc1Cl)C[C@H](O)COC(C)(C)C. The summed E-state index contributed by atoms with van der Waals surface area (Å²) in [6.07, 6.45) is -0.650. The molecule has 0 radical (unpaired) electrons. The van der Waals surface area contributed by atoms with Crippen molar-refractivity contribution in [3.05, 3.63) is 70.9 Å². The van der Waals surface area contributed by atoms with Gasteiger partial charge in [0.25, 0.3) is 0 Å². The number of rotatable bonds is 12. The van der Waals surface area contributed by atoms with Gasteiger partial charge in [0.15, 0.2) is 0 Å².